The second kappa shape index (κ2) is 3.49. The first-order valence-corrected chi connectivity index (χ1v) is 6.30. The third-order valence-electron chi connectivity index (χ3n) is 3.82. The van der Waals surface area contributed by atoms with Crippen LogP contribution in [0.25, 0.3) is 0 Å². The Bertz CT molecular complexity index is 473. The van der Waals surface area contributed by atoms with Crippen LogP contribution in [0.15, 0.2) is 18.2 Å². The third kappa shape index (κ3) is 1.61. The van der Waals surface area contributed by atoms with E-state index in [0.717, 1.165) is 24.2 Å². The average Bonchev–Trinajstić information content (AvgIpc) is 2.87. The molecule has 3 rings (SSSR count). The van der Waals surface area contributed by atoms with Crippen molar-refractivity contribution in [3.05, 3.63) is 29.3 Å². The second-order valence-corrected chi connectivity index (χ2v) is 5.50. The van der Waals surface area contributed by atoms with Gasteiger partial charge in [-0.15, -0.1) is 0 Å². The Hall–Kier alpha value is -1.51. The van der Waals surface area contributed by atoms with E-state index in [1.54, 1.807) is 0 Å². The highest BCUT2D eigenvalue weighted by Crippen LogP contribution is 2.33. The van der Waals surface area contributed by atoms with Crippen molar-refractivity contribution >= 4 is 11.6 Å². The maximum Gasteiger partial charge on any atom is 0.252 e. The highest BCUT2D eigenvalue weighted by Gasteiger charge is 2.35. The smallest absolute Gasteiger partial charge is 0.252 e. The molecule has 0 unspecified atom stereocenters. The molecule has 0 aliphatic carbocycles. The third-order valence-corrected chi connectivity index (χ3v) is 3.82. The topological polar surface area (TPSA) is 32.3 Å². The molecule has 0 aromatic heterocycles. The summed E-state index contributed by atoms with van der Waals surface area (Å²) in [6, 6.07) is 6.29. The maximum atomic E-state index is 11.9. The lowest BCUT2D eigenvalue weighted by molar-refractivity contribution is 0.0940. The lowest BCUT2D eigenvalue weighted by Gasteiger charge is -2.21. The summed E-state index contributed by atoms with van der Waals surface area (Å²) in [6.07, 6.45) is 2.52. The van der Waals surface area contributed by atoms with Gasteiger partial charge in [-0.2, -0.15) is 0 Å². The minimum absolute atomic E-state index is 0.0612. The molecule has 1 N–H and O–H groups in total. The second-order valence-electron chi connectivity index (χ2n) is 5.50. The van der Waals surface area contributed by atoms with Crippen LogP contribution in [0.2, 0.25) is 0 Å². The Morgan fingerprint density at radius 2 is 1.94 bits per heavy atom. The Morgan fingerprint density at radius 3 is 2.65 bits per heavy atom. The number of benzene rings is 1. The minimum Gasteiger partial charge on any atom is -0.372 e. The Kier molecular flexibility index (Phi) is 2.18. The summed E-state index contributed by atoms with van der Waals surface area (Å²) in [5, 5.41) is 3.02. The predicted molar refractivity (Wildman–Crippen MR) is 68.4 cm³/mol. The van der Waals surface area contributed by atoms with Crippen molar-refractivity contribution in [2.75, 3.05) is 18.0 Å². The van der Waals surface area contributed by atoms with Crippen LogP contribution in [0.4, 0.5) is 5.69 Å². The van der Waals surface area contributed by atoms with Crippen molar-refractivity contribution in [2.45, 2.75) is 32.2 Å². The molecule has 3 heteroatoms. The van der Waals surface area contributed by atoms with Gasteiger partial charge in [0, 0.05) is 24.3 Å². The standard InChI is InChI=1S/C14H18N2O/c1-14(2)12-6-5-10(16-7-3-4-8-16)9-11(12)13(17)15-14/h5-6,9H,3-4,7-8H2,1-2H3,(H,15,17). The molecule has 90 valence electrons. The molecule has 1 amide bonds. The fourth-order valence-corrected chi connectivity index (χ4v) is 2.86. The maximum absolute atomic E-state index is 11.9. The van der Waals surface area contributed by atoms with Crippen molar-refractivity contribution < 1.29 is 4.79 Å². The summed E-state index contributed by atoms with van der Waals surface area (Å²) in [6.45, 7) is 6.33. The molecule has 0 radical (unpaired) electrons. The van der Waals surface area contributed by atoms with Crippen LogP contribution in [0, 0.1) is 0 Å². The van der Waals surface area contributed by atoms with E-state index in [9.17, 15) is 4.79 Å². The van der Waals surface area contributed by atoms with Crippen molar-refractivity contribution in [1.29, 1.82) is 0 Å². The number of carbonyl (C=O) groups excluding carboxylic acids is 1. The van der Waals surface area contributed by atoms with Crippen LogP contribution in [0.5, 0.6) is 0 Å². The van der Waals surface area contributed by atoms with Gasteiger partial charge in [0.15, 0.2) is 0 Å². The van der Waals surface area contributed by atoms with Gasteiger partial charge < -0.3 is 10.2 Å². The van der Waals surface area contributed by atoms with E-state index in [2.05, 4.69) is 22.3 Å². The molecule has 1 aromatic carbocycles. The summed E-state index contributed by atoms with van der Waals surface area (Å²) < 4.78 is 0. The molecule has 0 bridgehead atoms. The lowest BCUT2D eigenvalue weighted by atomic mass is 9.94. The number of rotatable bonds is 1. The van der Waals surface area contributed by atoms with Crippen molar-refractivity contribution in [2.24, 2.45) is 0 Å². The molecular formula is C14H18N2O. The van der Waals surface area contributed by atoms with Gasteiger partial charge in [0.05, 0.1) is 5.54 Å². The van der Waals surface area contributed by atoms with E-state index in [-0.39, 0.29) is 11.4 Å². The van der Waals surface area contributed by atoms with E-state index in [4.69, 9.17) is 0 Å². The molecule has 0 saturated carbocycles. The van der Waals surface area contributed by atoms with Gasteiger partial charge in [-0.25, -0.2) is 0 Å². The van der Waals surface area contributed by atoms with Gasteiger partial charge >= 0.3 is 0 Å². The molecule has 17 heavy (non-hydrogen) atoms. The van der Waals surface area contributed by atoms with E-state index in [1.165, 1.54) is 18.5 Å². The number of carbonyl (C=O) groups is 1. The highest BCUT2D eigenvalue weighted by atomic mass is 16.2. The molecule has 1 saturated heterocycles. The van der Waals surface area contributed by atoms with Crippen LogP contribution in [0.3, 0.4) is 0 Å². The van der Waals surface area contributed by atoms with Gasteiger partial charge in [0.2, 0.25) is 0 Å². The molecule has 1 fully saturated rings. The normalized spacial score (nSPS) is 21.5. The molecular weight excluding hydrogens is 212 g/mol. The SMILES string of the molecule is CC1(C)NC(=O)c2cc(N3CCCC3)ccc21. The van der Waals surface area contributed by atoms with Crippen LogP contribution < -0.4 is 10.2 Å². The summed E-state index contributed by atoms with van der Waals surface area (Å²) in [5.41, 5.74) is 2.93. The van der Waals surface area contributed by atoms with E-state index >= 15 is 0 Å². The summed E-state index contributed by atoms with van der Waals surface area (Å²) in [5.74, 6) is 0.0612. The number of hydrogen-bond donors (Lipinski definition) is 1. The highest BCUT2D eigenvalue weighted by molar-refractivity contribution is 6.00. The van der Waals surface area contributed by atoms with Crippen molar-refractivity contribution in [1.82, 2.24) is 5.32 Å². The van der Waals surface area contributed by atoms with Gasteiger partial charge in [-0.1, -0.05) is 6.07 Å². The fourth-order valence-electron chi connectivity index (χ4n) is 2.86. The Balaban J connectivity index is 2.02. The first-order valence-electron chi connectivity index (χ1n) is 6.30. The summed E-state index contributed by atoms with van der Waals surface area (Å²) in [7, 11) is 0. The molecule has 0 atom stereocenters. The van der Waals surface area contributed by atoms with Crippen LogP contribution in [-0.2, 0) is 5.54 Å². The number of hydrogen-bond acceptors (Lipinski definition) is 2. The van der Waals surface area contributed by atoms with E-state index < -0.39 is 0 Å². The van der Waals surface area contributed by atoms with Crippen LogP contribution in [0.1, 0.15) is 42.6 Å². The van der Waals surface area contributed by atoms with Gasteiger partial charge in [-0.05, 0) is 44.4 Å². The zero-order chi connectivity index (χ0) is 12.0. The summed E-state index contributed by atoms with van der Waals surface area (Å²) >= 11 is 0. The van der Waals surface area contributed by atoms with Crippen LogP contribution >= 0.6 is 0 Å². The fraction of sp³-hybridized carbons (Fsp3) is 0.500. The quantitative estimate of drug-likeness (QED) is 0.802. The van der Waals surface area contributed by atoms with Crippen molar-refractivity contribution in [3.63, 3.8) is 0 Å². The largest absolute Gasteiger partial charge is 0.372 e. The molecule has 2 heterocycles. The first-order chi connectivity index (χ1) is 8.08. The zero-order valence-corrected chi connectivity index (χ0v) is 10.4. The molecule has 3 nitrogen and oxygen atoms in total. The lowest BCUT2D eigenvalue weighted by Crippen LogP contribution is -2.32. The molecule has 0 spiro atoms. The monoisotopic (exact) mass is 230 g/mol. The predicted octanol–water partition coefficient (Wildman–Crippen LogP) is 2.27. The van der Waals surface area contributed by atoms with Crippen molar-refractivity contribution in [3.8, 4) is 0 Å². The van der Waals surface area contributed by atoms with Gasteiger partial charge in [0.25, 0.3) is 5.91 Å². The van der Waals surface area contributed by atoms with Gasteiger partial charge in [-0.3, -0.25) is 4.79 Å². The number of fused-ring (bicyclic) bond motifs is 1. The number of nitrogens with one attached hydrogen (secondary N) is 1. The van der Waals surface area contributed by atoms with E-state index in [0.29, 0.717) is 0 Å². The molecule has 2 aliphatic rings. The van der Waals surface area contributed by atoms with Crippen LogP contribution in [-0.4, -0.2) is 19.0 Å². The number of nitrogens with zero attached hydrogens (tertiary/aromatic N) is 1. The Morgan fingerprint density at radius 1 is 1.24 bits per heavy atom. The number of amides is 1. The van der Waals surface area contributed by atoms with Gasteiger partial charge in [0.1, 0.15) is 0 Å². The number of anilines is 1. The zero-order valence-electron chi connectivity index (χ0n) is 10.4. The minimum atomic E-state index is -0.226. The molecule has 2 aliphatic heterocycles. The molecule has 1 aromatic rings. The first kappa shape index (κ1) is 10.6. The average molecular weight is 230 g/mol. The van der Waals surface area contributed by atoms with E-state index in [1.807, 2.05) is 19.9 Å². The Labute approximate surface area is 102 Å². The summed E-state index contributed by atoms with van der Waals surface area (Å²) in [4.78, 5) is 14.3.